The first-order chi connectivity index (χ1) is 16.3. The van der Waals surface area contributed by atoms with E-state index in [2.05, 4.69) is 15.5 Å². The first-order valence-corrected chi connectivity index (χ1v) is 10.6. The van der Waals surface area contributed by atoms with Gasteiger partial charge in [-0.2, -0.15) is 23.4 Å². The van der Waals surface area contributed by atoms with Crippen molar-refractivity contribution in [3.05, 3.63) is 95.1 Å². The molecule has 0 fully saturated rings. The Morgan fingerprint density at radius 2 is 1.71 bits per heavy atom. The van der Waals surface area contributed by atoms with Crippen molar-refractivity contribution in [2.45, 2.75) is 25.7 Å². The SMILES string of the molecule is CCN(Cc1ccccc1)C(=O)c1ccc(N=NC2C(=O)Nc3c2cccc3C(F)(F)F)cc1. The van der Waals surface area contributed by atoms with E-state index in [1.54, 1.807) is 29.2 Å². The van der Waals surface area contributed by atoms with E-state index in [0.717, 1.165) is 11.6 Å². The smallest absolute Gasteiger partial charge is 0.335 e. The molecule has 1 heterocycles. The number of anilines is 1. The highest BCUT2D eigenvalue weighted by Crippen LogP contribution is 2.43. The van der Waals surface area contributed by atoms with Gasteiger partial charge in [0, 0.05) is 24.2 Å². The van der Waals surface area contributed by atoms with Gasteiger partial charge in [0.2, 0.25) is 0 Å². The van der Waals surface area contributed by atoms with Crippen molar-refractivity contribution in [2.24, 2.45) is 10.2 Å². The van der Waals surface area contributed by atoms with Gasteiger partial charge in [0.15, 0.2) is 6.04 Å². The minimum Gasteiger partial charge on any atom is -0.335 e. The van der Waals surface area contributed by atoms with Gasteiger partial charge in [-0.1, -0.05) is 42.5 Å². The molecule has 0 spiro atoms. The highest BCUT2D eigenvalue weighted by Gasteiger charge is 2.40. The Balaban J connectivity index is 1.49. The minimum atomic E-state index is -4.60. The van der Waals surface area contributed by atoms with Crippen molar-refractivity contribution in [1.29, 1.82) is 0 Å². The van der Waals surface area contributed by atoms with Gasteiger partial charge in [0.05, 0.1) is 16.9 Å². The summed E-state index contributed by atoms with van der Waals surface area (Å²) in [5.74, 6) is -0.819. The summed E-state index contributed by atoms with van der Waals surface area (Å²) in [5.41, 5.74) is 0.769. The van der Waals surface area contributed by atoms with E-state index in [9.17, 15) is 22.8 Å². The summed E-state index contributed by atoms with van der Waals surface area (Å²) in [7, 11) is 0. The van der Waals surface area contributed by atoms with Crippen LogP contribution in [0.15, 0.2) is 83.0 Å². The lowest BCUT2D eigenvalue weighted by Gasteiger charge is -2.21. The van der Waals surface area contributed by atoms with Gasteiger partial charge in [-0.25, -0.2) is 0 Å². The van der Waals surface area contributed by atoms with E-state index in [0.29, 0.717) is 24.3 Å². The van der Waals surface area contributed by atoms with Crippen LogP contribution in [0.5, 0.6) is 0 Å². The molecule has 6 nitrogen and oxygen atoms in total. The van der Waals surface area contributed by atoms with E-state index >= 15 is 0 Å². The van der Waals surface area contributed by atoms with Crippen molar-refractivity contribution in [3.63, 3.8) is 0 Å². The van der Waals surface area contributed by atoms with Crippen LogP contribution in [0.3, 0.4) is 0 Å². The number of halogens is 3. The molecular formula is C25H21F3N4O2. The summed E-state index contributed by atoms with van der Waals surface area (Å²) in [5, 5.41) is 10.3. The lowest BCUT2D eigenvalue weighted by atomic mass is 10.0. The lowest BCUT2D eigenvalue weighted by molar-refractivity contribution is -0.136. The summed E-state index contributed by atoms with van der Waals surface area (Å²) in [6.45, 7) is 2.91. The first-order valence-electron chi connectivity index (χ1n) is 10.6. The monoisotopic (exact) mass is 466 g/mol. The predicted octanol–water partition coefficient (Wildman–Crippen LogP) is 6.14. The van der Waals surface area contributed by atoms with Gasteiger partial charge >= 0.3 is 6.18 Å². The first kappa shape index (κ1) is 23.2. The average molecular weight is 466 g/mol. The van der Waals surface area contributed by atoms with Gasteiger partial charge in [-0.05, 0) is 42.8 Å². The minimum absolute atomic E-state index is 0.120. The molecule has 1 aliphatic heterocycles. The fraction of sp³-hybridized carbons (Fsp3) is 0.200. The Labute approximate surface area is 194 Å². The zero-order valence-electron chi connectivity index (χ0n) is 18.2. The number of para-hydroxylation sites is 1. The number of nitrogens with one attached hydrogen (secondary N) is 1. The van der Waals surface area contributed by atoms with Crippen LogP contribution in [0, 0.1) is 0 Å². The van der Waals surface area contributed by atoms with Crippen LogP contribution in [0.4, 0.5) is 24.5 Å². The number of hydrogen-bond acceptors (Lipinski definition) is 4. The highest BCUT2D eigenvalue weighted by atomic mass is 19.4. The average Bonchev–Trinajstić information content (AvgIpc) is 3.16. The van der Waals surface area contributed by atoms with Crippen molar-refractivity contribution in [2.75, 3.05) is 11.9 Å². The molecule has 1 atom stereocenters. The van der Waals surface area contributed by atoms with E-state index in [1.165, 1.54) is 12.1 Å². The Hall–Kier alpha value is -4.01. The molecular weight excluding hydrogens is 445 g/mol. The molecule has 2 amide bonds. The van der Waals surface area contributed by atoms with Crippen LogP contribution in [-0.2, 0) is 17.5 Å². The molecule has 1 N–H and O–H groups in total. The number of amides is 2. The summed E-state index contributed by atoms with van der Waals surface area (Å²) < 4.78 is 39.7. The number of benzene rings is 3. The molecule has 3 aromatic rings. The molecule has 34 heavy (non-hydrogen) atoms. The predicted molar refractivity (Wildman–Crippen MR) is 121 cm³/mol. The lowest BCUT2D eigenvalue weighted by Crippen LogP contribution is -2.30. The number of azo groups is 1. The largest absolute Gasteiger partial charge is 0.418 e. The van der Waals surface area contributed by atoms with E-state index in [1.807, 2.05) is 37.3 Å². The molecule has 0 bridgehead atoms. The Bertz CT molecular complexity index is 1230. The second-order valence-corrected chi connectivity index (χ2v) is 7.73. The summed E-state index contributed by atoms with van der Waals surface area (Å²) in [4.78, 5) is 26.8. The van der Waals surface area contributed by atoms with E-state index in [-0.39, 0.29) is 17.2 Å². The standard InChI is InChI=1S/C25H21F3N4O2/c1-2-32(15-16-7-4-3-5-8-16)24(34)17-11-13-18(14-12-17)30-31-22-19-9-6-10-20(25(26,27)28)21(19)29-23(22)33/h3-14,22H,2,15H2,1H3,(H,29,33). The quantitative estimate of drug-likeness (QED) is 0.443. The molecule has 0 saturated carbocycles. The van der Waals surface area contributed by atoms with Crippen molar-refractivity contribution < 1.29 is 22.8 Å². The third-order valence-corrected chi connectivity index (χ3v) is 5.48. The van der Waals surface area contributed by atoms with Crippen LogP contribution < -0.4 is 5.32 Å². The van der Waals surface area contributed by atoms with Gasteiger partial charge in [0.25, 0.3) is 11.8 Å². The normalized spacial score (nSPS) is 15.3. The van der Waals surface area contributed by atoms with Crippen LogP contribution >= 0.6 is 0 Å². The Kier molecular flexibility index (Phi) is 6.45. The Morgan fingerprint density at radius 3 is 2.35 bits per heavy atom. The number of carbonyl (C=O) groups excluding carboxylic acids is 2. The second-order valence-electron chi connectivity index (χ2n) is 7.73. The topological polar surface area (TPSA) is 74.1 Å². The third-order valence-electron chi connectivity index (χ3n) is 5.48. The molecule has 174 valence electrons. The number of hydrogen-bond donors (Lipinski definition) is 1. The van der Waals surface area contributed by atoms with Crippen LogP contribution in [-0.4, -0.2) is 23.3 Å². The van der Waals surface area contributed by atoms with Crippen LogP contribution in [0.1, 0.15) is 40.0 Å². The number of rotatable bonds is 6. The second kappa shape index (κ2) is 9.46. The summed E-state index contributed by atoms with van der Waals surface area (Å²) in [6.07, 6.45) is -4.60. The number of carbonyl (C=O) groups is 2. The fourth-order valence-electron chi connectivity index (χ4n) is 3.73. The molecule has 4 rings (SSSR count). The fourth-order valence-corrected chi connectivity index (χ4v) is 3.73. The molecule has 1 aliphatic rings. The molecule has 9 heteroatoms. The maximum atomic E-state index is 13.2. The summed E-state index contributed by atoms with van der Waals surface area (Å²) in [6, 6.07) is 18.4. The van der Waals surface area contributed by atoms with Gasteiger partial charge in [-0.3, -0.25) is 9.59 Å². The van der Waals surface area contributed by atoms with Crippen molar-refractivity contribution >= 4 is 23.2 Å². The van der Waals surface area contributed by atoms with Crippen molar-refractivity contribution in [1.82, 2.24) is 4.90 Å². The molecule has 0 saturated heterocycles. The maximum Gasteiger partial charge on any atom is 0.418 e. The maximum absolute atomic E-state index is 13.2. The zero-order chi connectivity index (χ0) is 24.3. The van der Waals surface area contributed by atoms with E-state index in [4.69, 9.17) is 0 Å². The number of alkyl halides is 3. The van der Waals surface area contributed by atoms with Crippen molar-refractivity contribution in [3.8, 4) is 0 Å². The van der Waals surface area contributed by atoms with Gasteiger partial charge in [0.1, 0.15) is 0 Å². The zero-order valence-corrected chi connectivity index (χ0v) is 18.2. The third kappa shape index (κ3) is 4.83. The Morgan fingerprint density at radius 1 is 1.00 bits per heavy atom. The van der Waals surface area contributed by atoms with Gasteiger partial charge in [-0.15, -0.1) is 0 Å². The molecule has 0 radical (unpaired) electrons. The molecule has 0 aliphatic carbocycles. The van der Waals surface area contributed by atoms with Crippen LogP contribution in [0.2, 0.25) is 0 Å². The molecule has 3 aromatic carbocycles. The molecule has 1 unspecified atom stereocenters. The highest BCUT2D eigenvalue weighted by molar-refractivity contribution is 6.03. The number of nitrogens with zero attached hydrogens (tertiary/aromatic N) is 3. The summed E-state index contributed by atoms with van der Waals surface area (Å²) >= 11 is 0. The van der Waals surface area contributed by atoms with Gasteiger partial charge < -0.3 is 10.2 Å². The molecule has 0 aromatic heterocycles. The van der Waals surface area contributed by atoms with E-state index < -0.39 is 23.7 Å². The van der Waals surface area contributed by atoms with Crippen LogP contribution in [0.25, 0.3) is 0 Å². The number of fused-ring (bicyclic) bond motifs is 1.